The Labute approximate surface area is 154 Å². The maximum atomic E-state index is 13.0. The highest BCUT2D eigenvalue weighted by atomic mass is 35.5. The number of aromatic nitrogens is 1. The van der Waals surface area contributed by atoms with Gasteiger partial charge in [-0.25, -0.2) is 4.98 Å². The molecule has 120 valence electrons. The quantitative estimate of drug-likeness (QED) is 0.306. The first-order valence-corrected chi connectivity index (χ1v) is 8.68. The van der Waals surface area contributed by atoms with Gasteiger partial charge in [0.2, 0.25) is 0 Å². The van der Waals surface area contributed by atoms with Crippen molar-refractivity contribution in [3.8, 4) is 11.1 Å². The molecule has 4 heteroatoms. The van der Waals surface area contributed by atoms with Crippen LogP contribution in [0.15, 0.2) is 48.5 Å². The lowest BCUT2D eigenvalue weighted by Crippen LogP contribution is -2.11. The molecule has 0 amide bonds. The third kappa shape index (κ3) is 1.92. The molecule has 0 radical (unpaired) electrons. The fourth-order valence-corrected chi connectivity index (χ4v) is 4.07. The number of hydrogen-bond donors (Lipinski definition) is 0. The van der Waals surface area contributed by atoms with Gasteiger partial charge in [0.1, 0.15) is 0 Å². The molecule has 0 bridgehead atoms. The molecule has 3 aromatic carbocycles. The van der Waals surface area contributed by atoms with Crippen LogP contribution in [0, 0.1) is 6.92 Å². The zero-order valence-corrected chi connectivity index (χ0v) is 14.7. The number of pyridine rings is 1. The van der Waals surface area contributed by atoms with Crippen molar-refractivity contribution in [2.24, 2.45) is 0 Å². The second-order valence-corrected chi connectivity index (χ2v) is 7.11. The Balaban J connectivity index is 2.15. The van der Waals surface area contributed by atoms with Crippen LogP contribution in [0.5, 0.6) is 0 Å². The summed E-state index contributed by atoms with van der Waals surface area (Å²) in [6, 6.07) is 15.4. The van der Waals surface area contributed by atoms with Gasteiger partial charge in [-0.3, -0.25) is 4.79 Å². The van der Waals surface area contributed by atoms with Gasteiger partial charge in [-0.15, -0.1) is 0 Å². The van der Waals surface area contributed by atoms with E-state index in [0.717, 1.165) is 33.0 Å². The number of aryl methyl sites for hydroxylation is 1. The van der Waals surface area contributed by atoms with Crippen molar-refractivity contribution in [1.82, 2.24) is 4.98 Å². The van der Waals surface area contributed by atoms with Crippen LogP contribution in [-0.4, -0.2) is 10.8 Å². The Hall–Kier alpha value is -2.42. The average molecular weight is 364 g/mol. The van der Waals surface area contributed by atoms with E-state index in [1.807, 2.05) is 43.3 Å². The second-order valence-electron chi connectivity index (χ2n) is 6.33. The summed E-state index contributed by atoms with van der Waals surface area (Å²) in [5.74, 6) is -0.0412. The van der Waals surface area contributed by atoms with Crippen LogP contribution in [0.1, 0.15) is 21.5 Å². The van der Waals surface area contributed by atoms with Crippen molar-refractivity contribution >= 4 is 50.8 Å². The molecule has 0 N–H and O–H groups in total. The summed E-state index contributed by atoms with van der Waals surface area (Å²) in [5, 5.41) is 2.54. The van der Waals surface area contributed by atoms with E-state index in [4.69, 9.17) is 28.2 Å². The molecule has 5 rings (SSSR count). The van der Waals surface area contributed by atoms with E-state index in [0.29, 0.717) is 26.7 Å². The molecule has 0 spiro atoms. The Morgan fingerprint density at radius 1 is 0.920 bits per heavy atom. The highest BCUT2D eigenvalue weighted by molar-refractivity contribution is 6.47. The number of benzene rings is 3. The van der Waals surface area contributed by atoms with E-state index in [1.54, 1.807) is 6.07 Å². The molecule has 25 heavy (non-hydrogen) atoms. The van der Waals surface area contributed by atoms with Crippen molar-refractivity contribution < 1.29 is 4.79 Å². The van der Waals surface area contributed by atoms with Crippen molar-refractivity contribution in [2.45, 2.75) is 6.92 Å². The van der Waals surface area contributed by atoms with Gasteiger partial charge < -0.3 is 0 Å². The van der Waals surface area contributed by atoms with Gasteiger partial charge in [0.15, 0.2) is 5.78 Å². The first-order valence-electron chi connectivity index (χ1n) is 7.92. The lowest BCUT2D eigenvalue weighted by atomic mass is 9.82. The molecule has 0 aliphatic heterocycles. The van der Waals surface area contributed by atoms with E-state index in [-0.39, 0.29) is 5.78 Å². The average Bonchev–Trinajstić information content (AvgIpc) is 2.62. The molecule has 1 aromatic heterocycles. The van der Waals surface area contributed by atoms with Crippen molar-refractivity contribution in [1.29, 1.82) is 0 Å². The number of ketones is 1. The van der Waals surface area contributed by atoms with E-state index in [9.17, 15) is 4.79 Å². The normalized spacial score (nSPS) is 12.7. The van der Waals surface area contributed by atoms with Crippen LogP contribution in [-0.2, 0) is 0 Å². The summed E-state index contributed by atoms with van der Waals surface area (Å²) in [6.07, 6.45) is 0. The minimum Gasteiger partial charge on any atom is -0.289 e. The van der Waals surface area contributed by atoms with E-state index < -0.39 is 0 Å². The lowest BCUT2D eigenvalue weighted by Gasteiger charge is -2.22. The number of nitrogens with zero attached hydrogens (tertiary/aromatic N) is 1. The van der Waals surface area contributed by atoms with Crippen LogP contribution in [0.2, 0.25) is 10.0 Å². The van der Waals surface area contributed by atoms with Crippen LogP contribution >= 0.6 is 23.2 Å². The summed E-state index contributed by atoms with van der Waals surface area (Å²) < 4.78 is 0. The molecule has 0 atom stereocenters. The number of fused-ring (bicyclic) bond motifs is 4. The molecule has 0 unspecified atom stereocenters. The maximum absolute atomic E-state index is 13.0. The highest BCUT2D eigenvalue weighted by Gasteiger charge is 2.29. The number of halogens is 2. The first kappa shape index (κ1) is 14.9. The van der Waals surface area contributed by atoms with Crippen molar-refractivity contribution in [3.05, 3.63) is 75.3 Å². The SMILES string of the molecule is Cc1ccc2nc3c(Cl)c(Cl)cc4c3c(c2c1)-c1ccccc1C4=O. The molecule has 0 saturated carbocycles. The maximum Gasteiger partial charge on any atom is 0.194 e. The predicted octanol–water partition coefficient (Wildman–Crippen LogP) is 6.21. The fraction of sp³-hybridized carbons (Fsp3) is 0.0476. The molecule has 1 heterocycles. The summed E-state index contributed by atoms with van der Waals surface area (Å²) in [6.45, 7) is 2.05. The lowest BCUT2D eigenvalue weighted by molar-refractivity contribution is 0.104. The van der Waals surface area contributed by atoms with E-state index >= 15 is 0 Å². The number of carbonyl (C=O) groups excluding carboxylic acids is 1. The fourth-order valence-electron chi connectivity index (χ4n) is 3.68. The second kappa shape index (κ2) is 5.04. The Bertz CT molecular complexity index is 1240. The van der Waals surface area contributed by atoms with Gasteiger partial charge in [0.05, 0.1) is 21.1 Å². The summed E-state index contributed by atoms with van der Waals surface area (Å²) in [4.78, 5) is 17.8. The third-order valence-corrected chi connectivity index (χ3v) is 5.56. The van der Waals surface area contributed by atoms with Crippen LogP contribution < -0.4 is 0 Å². The molecule has 1 aliphatic carbocycles. The van der Waals surface area contributed by atoms with Crippen molar-refractivity contribution in [3.63, 3.8) is 0 Å². The summed E-state index contributed by atoms with van der Waals surface area (Å²) >= 11 is 12.7. The molecule has 0 saturated heterocycles. The monoisotopic (exact) mass is 363 g/mol. The van der Waals surface area contributed by atoms with E-state index in [1.165, 1.54) is 0 Å². The van der Waals surface area contributed by atoms with Gasteiger partial charge in [0.25, 0.3) is 0 Å². The van der Waals surface area contributed by atoms with Gasteiger partial charge in [-0.2, -0.15) is 0 Å². The molecular formula is C21H11Cl2NO. The van der Waals surface area contributed by atoms with Gasteiger partial charge in [-0.1, -0.05) is 59.1 Å². The first-order chi connectivity index (χ1) is 12.1. The topological polar surface area (TPSA) is 30.0 Å². The van der Waals surface area contributed by atoms with Crippen molar-refractivity contribution in [2.75, 3.05) is 0 Å². The largest absolute Gasteiger partial charge is 0.289 e. The Morgan fingerprint density at radius 3 is 2.48 bits per heavy atom. The van der Waals surface area contributed by atoms with Gasteiger partial charge >= 0.3 is 0 Å². The Morgan fingerprint density at radius 2 is 1.68 bits per heavy atom. The highest BCUT2D eigenvalue weighted by Crippen LogP contribution is 2.46. The number of hydrogen-bond acceptors (Lipinski definition) is 2. The van der Waals surface area contributed by atoms with Crippen LogP contribution in [0.4, 0.5) is 0 Å². The minimum atomic E-state index is -0.0412. The molecule has 2 nitrogen and oxygen atoms in total. The van der Waals surface area contributed by atoms with Crippen LogP contribution in [0.3, 0.4) is 0 Å². The minimum absolute atomic E-state index is 0.0412. The standard InChI is InChI=1S/C21H11Cl2NO/c1-10-6-7-16-13(8-10)17-11-4-2-3-5-12(11)21(25)14-9-15(22)19(23)20(24-16)18(14)17/h2-9H,1H3. The number of carbonyl (C=O) groups is 1. The molecule has 0 fully saturated rings. The summed E-state index contributed by atoms with van der Waals surface area (Å²) in [5.41, 5.74) is 5.73. The van der Waals surface area contributed by atoms with Gasteiger partial charge in [-0.05, 0) is 30.7 Å². The van der Waals surface area contributed by atoms with Crippen LogP contribution in [0.25, 0.3) is 32.9 Å². The van der Waals surface area contributed by atoms with E-state index in [2.05, 4.69) is 6.07 Å². The zero-order valence-electron chi connectivity index (χ0n) is 13.2. The third-order valence-electron chi connectivity index (χ3n) is 4.78. The molecular weight excluding hydrogens is 353 g/mol. The molecule has 1 aliphatic rings. The molecule has 4 aromatic rings. The predicted molar refractivity (Wildman–Crippen MR) is 103 cm³/mol. The Kier molecular flexibility index (Phi) is 3.00. The zero-order chi connectivity index (χ0) is 17.3. The smallest absolute Gasteiger partial charge is 0.194 e. The number of rotatable bonds is 0. The summed E-state index contributed by atoms with van der Waals surface area (Å²) in [7, 11) is 0. The van der Waals surface area contributed by atoms with Gasteiger partial charge in [0, 0.05) is 27.5 Å².